The second kappa shape index (κ2) is 30.5. The summed E-state index contributed by atoms with van der Waals surface area (Å²) < 4.78 is 0. The van der Waals surface area contributed by atoms with Crippen LogP contribution in [-0.2, 0) is 9.59 Å². The maximum Gasteiger partial charge on any atom is 0.303 e. The molecule has 1 saturated heterocycles. The summed E-state index contributed by atoms with van der Waals surface area (Å²) in [6.07, 6.45) is 5.50. The van der Waals surface area contributed by atoms with E-state index < -0.39 is 5.97 Å². The number of nitrogens with one attached hydrogen (secondary N) is 3. The van der Waals surface area contributed by atoms with Crippen molar-refractivity contribution in [2.45, 2.75) is 59.8 Å². The molecule has 0 aromatic carbocycles. The van der Waals surface area contributed by atoms with Gasteiger partial charge >= 0.3 is 5.97 Å². The molecule has 0 unspecified atom stereocenters. The lowest BCUT2D eigenvalue weighted by Crippen LogP contribution is -2.42. The molecular weight excluding hydrogens is 360 g/mol. The van der Waals surface area contributed by atoms with Gasteiger partial charge < -0.3 is 31.1 Å². The Hall–Kier alpha value is -1.22. The number of aliphatic carboxylic acids is 1. The zero-order valence-electron chi connectivity index (χ0n) is 18.6. The van der Waals surface area contributed by atoms with Gasteiger partial charge in [-0.2, -0.15) is 0 Å². The number of hydrogen-bond acceptors (Lipinski definition) is 6. The topological polar surface area (TPSA) is 114 Å². The lowest BCUT2D eigenvalue weighted by Gasteiger charge is -2.23. The molecular formula is C20H46N4O4. The van der Waals surface area contributed by atoms with Crippen molar-refractivity contribution in [3.8, 4) is 0 Å². The summed E-state index contributed by atoms with van der Waals surface area (Å²) in [5, 5.41) is 25.0. The average molecular weight is 407 g/mol. The van der Waals surface area contributed by atoms with E-state index in [1.165, 1.54) is 45.3 Å². The Kier molecular flexibility index (Phi) is 34.3. The molecule has 1 rings (SSSR count). The van der Waals surface area contributed by atoms with Gasteiger partial charge in [-0.05, 0) is 13.0 Å². The molecule has 1 aliphatic rings. The van der Waals surface area contributed by atoms with E-state index in [2.05, 4.69) is 41.6 Å². The number of rotatable bonds is 5. The third-order valence-electron chi connectivity index (χ3n) is 3.55. The highest BCUT2D eigenvalue weighted by Gasteiger charge is 2.04. The Morgan fingerprint density at radius 2 is 1.25 bits per heavy atom. The van der Waals surface area contributed by atoms with Crippen LogP contribution in [0.2, 0.25) is 0 Å². The van der Waals surface area contributed by atoms with Crippen molar-refractivity contribution in [2.24, 2.45) is 0 Å². The Morgan fingerprint density at radius 3 is 1.57 bits per heavy atom. The molecule has 0 saturated carbocycles. The van der Waals surface area contributed by atoms with Crippen molar-refractivity contribution in [1.29, 1.82) is 0 Å². The van der Waals surface area contributed by atoms with Gasteiger partial charge in [0.25, 0.3) is 6.47 Å². The minimum absolute atomic E-state index is 0.222. The first-order valence-corrected chi connectivity index (χ1v) is 10.7. The highest BCUT2D eigenvalue weighted by atomic mass is 16.4. The summed E-state index contributed by atoms with van der Waals surface area (Å²) >= 11 is 0. The monoisotopic (exact) mass is 406 g/mol. The van der Waals surface area contributed by atoms with Gasteiger partial charge in [0.1, 0.15) is 0 Å². The Balaban J connectivity index is -0.000000470. The molecule has 5 N–H and O–H groups in total. The molecule has 170 valence electrons. The highest BCUT2D eigenvalue weighted by Crippen LogP contribution is 1.97. The predicted molar refractivity (Wildman–Crippen MR) is 117 cm³/mol. The quantitative estimate of drug-likeness (QED) is 0.347. The summed E-state index contributed by atoms with van der Waals surface area (Å²) in [4.78, 5) is 20.3. The molecule has 0 spiro atoms. The van der Waals surface area contributed by atoms with Crippen molar-refractivity contribution in [3.05, 3.63) is 0 Å². The first kappa shape index (κ1) is 31.5. The third-order valence-corrected chi connectivity index (χ3v) is 3.55. The molecule has 0 aromatic heterocycles. The van der Waals surface area contributed by atoms with Crippen molar-refractivity contribution >= 4 is 12.4 Å². The van der Waals surface area contributed by atoms with Crippen molar-refractivity contribution in [1.82, 2.24) is 20.9 Å². The molecule has 0 aromatic rings. The predicted octanol–water partition coefficient (Wildman–Crippen LogP) is 1.86. The standard InChI is InChI=1S/C13H30N4.C3H6O2.C3H8.CH2O2/c1-2-3-4-11-17-12-9-15-7-5-14-6-8-16-10-13-17;1-2-3(4)5;1-3-2;2-1-3/h14-16H,2-13H2,1H3;2H2,1H3,(H,4,5);3H2,1-2H3;1H,(H,2,3). The van der Waals surface area contributed by atoms with E-state index in [4.69, 9.17) is 15.0 Å². The summed E-state index contributed by atoms with van der Waals surface area (Å²) in [5.74, 6) is -0.745. The fraction of sp³-hybridized carbons (Fsp3) is 0.900. The molecule has 0 radical (unpaired) electrons. The first-order chi connectivity index (χ1) is 13.5. The minimum atomic E-state index is -0.745. The van der Waals surface area contributed by atoms with Crippen LogP contribution in [0.15, 0.2) is 0 Å². The third kappa shape index (κ3) is 35.8. The van der Waals surface area contributed by atoms with Crippen molar-refractivity contribution < 1.29 is 19.8 Å². The van der Waals surface area contributed by atoms with Crippen molar-refractivity contribution in [2.75, 3.05) is 58.9 Å². The van der Waals surface area contributed by atoms with Gasteiger partial charge in [-0.15, -0.1) is 0 Å². The number of unbranched alkanes of at least 4 members (excludes halogenated alkanes) is 2. The zero-order chi connectivity index (χ0) is 21.9. The second-order valence-electron chi connectivity index (χ2n) is 6.36. The maximum atomic E-state index is 9.37. The van der Waals surface area contributed by atoms with Gasteiger partial charge in [0.05, 0.1) is 0 Å². The maximum absolute atomic E-state index is 9.37. The summed E-state index contributed by atoms with van der Waals surface area (Å²) in [7, 11) is 0. The van der Waals surface area contributed by atoms with E-state index in [0.29, 0.717) is 0 Å². The molecule has 1 heterocycles. The molecule has 1 aliphatic heterocycles. The van der Waals surface area contributed by atoms with Gasteiger partial charge in [-0.3, -0.25) is 9.59 Å². The smallest absolute Gasteiger partial charge is 0.303 e. The van der Waals surface area contributed by atoms with E-state index >= 15 is 0 Å². The van der Waals surface area contributed by atoms with Crippen LogP contribution in [0.4, 0.5) is 0 Å². The molecule has 0 aliphatic carbocycles. The van der Waals surface area contributed by atoms with Crippen LogP contribution >= 0.6 is 0 Å². The molecule has 0 amide bonds. The molecule has 28 heavy (non-hydrogen) atoms. The second-order valence-corrected chi connectivity index (χ2v) is 6.36. The molecule has 0 atom stereocenters. The van der Waals surface area contributed by atoms with E-state index in [9.17, 15) is 4.79 Å². The van der Waals surface area contributed by atoms with Crippen LogP contribution in [0.5, 0.6) is 0 Å². The highest BCUT2D eigenvalue weighted by molar-refractivity contribution is 5.66. The average Bonchev–Trinajstić information content (AvgIpc) is 2.65. The molecule has 8 nitrogen and oxygen atoms in total. The zero-order valence-corrected chi connectivity index (χ0v) is 18.6. The van der Waals surface area contributed by atoms with Crippen LogP contribution in [0.3, 0.4) is 0 Å². The Bertz CT molecular complexity index is 296. The summed E-state index contributed by atoms with van der Waals surface area (Å²) in [5.41, 5.74) is 0. The van der Waals surface area contributed by atoms with E-state index in [0.717, 1.165) is 39.3 Å². The number of carboxylic acid groups (broad SMARTS) is 2. The van der Waals surface area contributed by atoms with Crippen molar-refractivity contribution in [3.63, 3.8) is 0 Å². The first-order valence-electron chi connectivity index (χ1n) is 10.7. The minimum Gasteiger partial charge on any atom is -0.483 e. The number of carboxylic acids is 1. The number of hydrogen-bond donors (Lipinski definition) is 5. The molecule has 8 heteroatoms. The lowest BCUT2D eigenvalue weighted by molar-refractivity contribution is -0.136. The van der Waals surface area contributed by atoms with Crippen LogP contribution in [-0.4, -0.2) is 86.5 Å². The van der Waals surface area contributed by atoms with Gasteiger partial charge in [0, 0.05) is 58.8 Å². The van der Waals surface area contributed by atoms with Crippen LogP contribution < -0.4 is 16.0 Å². The fourth-order valence-electron chi connectivity index (χ4n) is 2.12. The van der Waals surface area contributed by atoms with Gasteiger partial charge in [-0.1, -0.05) is 47.0 Å². The van der Waals surface area contributed by atoms with Crippen LogP contribution in [0.25, 0.3) is 0 Å². The van der Waals surface area contributed by atoms with Gasteiger partial charge in [0.2, 0.25) is 0 Å². The Labute approximate surface area is 172 Å². The van der Waals surface area contributed by atoms with E-state index in [1.807, 2.05) is 0 Å². The van der Waals surface area contributed by atoms with E-state index in [1.54, 1.807) is 6.92 Å². The van der Waals surface area contributed by atoms with E-state index in [-0.39, 0.29) is 12.9 Å². The van der Waals surface area contributed by atoms with Gasteiger partial charge in [-0.25, -0.2) is 0 Å². The SMILES string of the molecule is CCC.CCC(=O)O.CCCCCN1CCNCCNCCNCC1.O=CO. The van der Waals surface area contributed by atoms with Crippen LogP contribution in [0, 0.1) is 0 Å². The van der Waals surface area contributed by atoms with Crippen LogP contribution in [0.1, 0.15) is 59.8 Å². The normalized spacial score (nSPS) is 15.6. The summed E-state index contributed by atoms with van der Waals surface area (Å²) in [6, 6.07) is 0. The number of carbonyl (C=O) groups is 2. The van der Waals surface area contributed by atoms with Gasteiger partial charge in [0.15, 0.2) is 0 Å². The fourth-order valence-corrected chi connectivity index (χ4v) is 2.12. The lowest BCUT2D eigenvalue weighted by atomic mass is 10.2. The molecule has 1 fully saturated rings. The number of nitrogens with zero attached hydrogens (tertiary/aromatic N) is 1. The summed E-state index contributed by atoms with van der Waals surface area (Å²) in [6.45, 7) is 18.1. The molecule has 0 bridgehead atoms. The largest absolute Gasteiger partial charge is 0.483 e. The Morgan fingerprint density at radius 1 is 0.893 bits per heavy atom.